The van der Waals surface area contributed by atoms with Gasteiger partial charge in [0.25, 0.3) is 0 Å². The van der Waals surface area contributed by atoms with Crippen LogP contribution in [0.2, 0.25) is 0 Å². The summed E-state index contributed by atoms with van der Waals surface area (Å²) in [5.41, 5.74) is 7.30. The van der Waals surface area contributed by atoms with Gasteiger partial charge in [0.15, 0.2) is 0 Å². The Morgan fingerprint density at radius 1 is 0.795 bits per heavy atom. The second-order valence-electron chi connectivity index (χ2n) is 10.7. The Morgan fingerprint density at radius 2 is 1.52 bits per heavy atom. The van der Waals surface area contributed by atoms with E-state index in [-0.39, 0.29) is 17.2 Å². The van der Waals surface area contributed by atoms with Crippen molar-refractivity contribution >= 4 is 43.8 Å². The molecule has 4 aromatic rings. The third-order valence-corrected chi connectivity index (χ3v) is 8.91. The van der Waals surface area contributed by atoms with Gasteiger partial charge in [-0.25, -0.2) is 18.1 Å². The van der Waals surface area contributed by atoms with Crippen LogP contribution in [0.15, 0.2) is 123 Å². The van der Waals surface area contributed by atoms with Crippen LogP contribution in [0.3, 0.4) is 0 Å². The SMILES string of the molecule is CC(=O)CNS(=O)(=O)c1ccccc1-c1c2ccc(=Nc3ccccc3C)cc-2oc2cc(Nc3ccccc3C)ccc12. The fraction of sp³-hybridized carbons (Fsp3) is 0.111. The number of aryl methyl sites for hydroxylation is 2. The first-order valence-electron chi connectivity index (χ1n) is 14.2. The Kier molecular flexibility index (Phi) is 7.86. The molecule has 4 aromatic carbocycles. The number of hydrogen-bond donors (Lipinski definition) is 2. The van der Waals surface area contributed by atoms with E-state index in [1.807, 2.05) is 98.8 Å². The highest BCUT2D eigenvalue weighted by atomic mass is 32.2. The number of nitrogens with zero attached hydrogens (tertiary/aromatic N) is 1. The van der Waals surface area contributed by atoms with E-state index in [0.29, 0.717) is 27.8 Å². The summed E-state index contributed by atoms with van der Waals surface area (Å²) < 4.78 is 35.9. The highest BCUT2D eigenvalue weighted by Gasteiger charge is 2.25. The summed E-state index contributed by atoms with van der Waals surface area (Å²) in [5.74, 6) is 0.276. The Bertz CT molecular complexity index is 2180. The topological polar surface area (TPSA) is 101 Å². The lowest BCUT2D eigenvalue weighted by atomic mass is 9.93. The van der Waals surface area contributed by atoms with Gasteiger partial charge in [-0.2, -0.15) is 0 Å². The number of benzene rings is 5. The molecule has 2 aliphatic rings. The number of carbonyl (C=O) groups excluding carboxylic acids is 1. The van der Waals surface area contributed by atoms with Gasteiger partial charge in [-0.3, -0.25) is 4.79 Å². The molecule has 1 aliphatic heterocycles. The van der Waals surface area contributed by atoms with Gasteiger partial charge >= 0.3 is 0 Å². The number of Topliss-reactive ketones (excluding diaryl/α,β-unsaturated/α-hetero) is 1. The average Bonchev–Trinajstić information content (AvgIpc) is 3.01. The zero-order valence-electron chi connectivity index (χ0n) is 24.6. The second-order valence-corrected chi connectivity index (χ2v) is 12.5. The van der Waals surface area contributed by atoms with Crippen molar-refractivity contribution in [2.24, 2.45) is 4.99 Å². The molecule has 6 rings (SSSR count). The zero-order chi connectivity index (χ0) is 30.8. The number of ketones is 1. The van der Waals surface area contributed by atoms with Crippen LogP contribution in [0.1, 0.15) is 18.1 Å². The summed E-state index contributed by atoms with van der Waals surface area (Å²) in [5, 5.41) is 4.92. The highest BCUT2D eigenvalue weighted by molar-refractivity contribution is 7.89. The van der Waals surface area contributed by atoms with Gasteiger partial charge in [-0.05, 0) is 74.4 Å². The quantitative estimate of drug-likeness (QED) is 0.174. The molecular weight excluding hydrogens is 570 g/mol. The monoisotopic (exact) mass is 601 g/mol. The smallest absolute Gasteiger partial charge is 0.241 e. The number of nitrogens with one attached hydrogen (secondary N) is 2. The van der Waals surface area contributed by atoms with Gasteiger partial charge in [-0.15, -0.1) is 0 Å². The van der Waals surface area contributed by atoms with Gasteiger partial charge in [0.05, 0.1) is 22.5 Å². The standard InChI is InChI=1S/C36H31N3O4S/c1-23-10-4-7-13-31(23)38-26-16-18-28-33(20-26)43-34-21-27(39-32-14-8-5-11-24(32)2)17-19-29(34)36(28)30-12-6-9-15-35(30)44(41,42)37-22-25(3)40/h4-21,37-38H,22H2,1-3H3. The number of para-hydroxylation sites is 2. The molecule has 0 amide bonds. The molecule has 0 radical (unpaired) electrons. The molecule has 0 saturated heterocycles. The minimum atomic E-state index is -4.01. The Balaban J connectivity index is 1.60. The third-order valence-electron chi connectivity index (χ3n) is 7.45. The molecule has 0 unspecified atom stereocenters. The van der Waals surface area contributed by atoms with E-state index in [0.717, 1.165) is 39.1 Å². The van der Waals surface area contributed by atoms with E-state index in [4.69, 9.17) is 9.41 Å². The minimum Gasteiger partial charge on any atom is -0.456 e. The van der Waals surface area contributed by atoms with E-state index >= 15 is 0 Å². The molecule has 0 fully saturated rings. The minimum absolute atomic E-state index is 0.0748. The maximum absolute atomic E-state index is 13.5. The molecular formula is C36H31N3O4S. The maximum Gasteiger partial charge on any atom is 0.241 e. The van der Waals surface area contributed by atoms with Crippen molar-refractivity contribution in [1.29, 1.82) is 0 Å². The fourth-order valence-corrected chi connectivity index (χ4v) is 6.46. The number of rotatable bonds is 8. The maximum atomic E-state index is 13.5. The van der Waals surface area contributed by atoms with Gasteiger partial charge in [0.2, 0.25) is 10.0 Å². The summed E-state index contributed by atoms with van der Waals surface area (Å²) in [6.45, 7) is 5.10. The molecule has 8 heteroatoms. The normalized spacial score (nSPS) is 12.1. The fourth-order valence-electron chi connectivity index (χ4n) is 5.19. The van der Waals surface area contributed by atoms with E-state index in [2.05, 4.69) is 10.0 Å². The molecule has 220 valence electrons. The molecule has 2 N–H and O–H groups in total. The van der Waals surface area contributed by atoms with Crippen LogP contribution in [0, 0.1) is 13.8 Å². The molecule has 44 heavy (non-hydrogen) atoms. The number of anilines is 2. The van der Waals surface area contributed by atoms with Crippen LogP contribution in [0.25, 0.3) is 33.4 Å². The number of fused-ring (bicyclic) bond motifs is 2. The van der Waals surface area contributed by atoms with Crippen LogP contribution in [0.4, 0.5) is 17.1 Å². The zero-order valence-corrected chi connectivity index (χ0v) is 25.4. The molecule has 0 atom stereocenters. The largest absolute Gasteiger partial charge is 0.456 e. The van der Waals surface area contributed by atoms with Gasteiger partial charge in [0, 0.05) is 45.6 Å². The summed E-state index contributed by atoms with van der Waals surface area (Å²) in [4.78, 5) is 16.6. The van der Waals surface area contributed by atoms with Crippen molar-refractivity contribution in [2.75, 3.05) is 11.9 Å². The van der Waals surface area contributed by atoms with E-state index in [1.54, 1.807) is 24.3 Å². The first-order chi connectivity index (χ1) is 21.2. The van der Waals surface area contributed by atoms with Crippen LogP contribution in [0.5, 0.6) is 0 Å². The lowest BCUT2D eigenvalue weighted by molar-refractivity contribution is -0.115. The first kappa shape index (κ1) is 29.0. The highest BCUT2D eigenvalue weighted by Crippen LogP contribution is 2.43. The number of sulfonamides is 1. The van der Waals surface area contributed by atoms with E-state index < -0.39 is 10.0 Å². The predicted molar refractivity (Wildman–Crippen MR) is 175 cm³/mol. The lowest BCUT2D eigenvalue weighted by Gasteiger charge is -2.19. The Hall–Kier alpha value is -5.05. The van der Waals surface area contributed by atoms with Crippen LogP contribution >= 0.6 is 0 Å². The summed E-state index contributed by atoms with van der Waals surface area (Å²) in [7, 11) is -4.01. The molecule has 0 bridgehead atoms. The summed E-state index contributed by atoms with van der Waals surface area (Å²) in [6.07, 6.45) is 0. The Morgan fingerprint density at radius 3 is 2.30 bits per heavy atom. The van der Waals surface area contributed by atoms with Gasteiger partial charge < -0.3 is 9.73 Å². The van der Waals surface area contributed by atoms with Crippen LogP contribution < -0.4 is 15.4 Å². The van der Waals surface area contributed by atoms with Crippen molar-refractivity contribution in [3.8, 4) is 22.5 Å². The summed E-state index contributed by atoms with van der Waals surface area (Å²) >= 11 is 0. The predicted octanol–water partition coefficient (Wildman–Crippen LogP) is 7.66. The van der Waals surface area contributed by atoms with Crippen molar-refractivity contribution in [3.63, 3.8) is 0 Å². The van der Waals surface area contributed by atoms with Crippen LogP contribution in [-0.2, 0) is 14.8 Å². The van der Waals surface area contributed by atoms with E-state index in [9.17, 15) is 13.2 Å². The van der Waals surface area contributed by atoms with E-state index in [1.165, 1.54) is 6.92 Å². The molecule has 0 aromatic heterocycles. The van der Waals surface area contributed by atoms with Crippen LogP contribution in [-0.4, -0.2) is 20.7 Å². The molecule has 0 spiro atoms. The Labute approximate surface area is 256 Å². The molecule has 1 heterocycles. The van der Waals surface area contributed by atoms with Crippen molar-refractivity contribution < 1.29 is 17.6 Å². The lowest BCUT2D eigenvalue weighted by Crippen LogP contribution is -2.28. The van der Waals surface area contributed by atoms with Crippen molar-refractivity contribution in [3.05, 3.63) is 126 Å². The molecule has 1 aliphatic carbocycles. The first-order valence-corrected chi connectivity index (χ1v) is 15.7. The van der Waals surface area contributed by atoms with Gasteiger partial charge in [-0.1, -0.05) is 54.6 Å². The third kappa shape index (κ3) is 5.90. The summed E-state index contributed by atoms with van der Waals surface area (Å²) in [6, 6.07) is 34.2. The molecule has 0 saturated carbocycles. The molecule has 7 nitrogen and oxygen atoms in total. The number of carbonyl (C=O) groups is 1. The second kappa shape index (κ2) is 11.9. The number of hydrogen-bond acceptors (Lipinski definition) is 6. The van der Waals surface area contributed by atoms with Gasteiger partial charge in [0.1, 0.15) is 17.1 Å². The van der Waals surface area contributed by atoms with Crippen molar-refractivity contribution in [1.82, 2.24) is 4.72 Å². The average molecular weight is 602 g/mol. The van der Waals surface area contributed by atoms with Crippen molar-refractivity contribution in [2.45, 2.75) is 25.7 Å².